The van der Waals surface area contributed by atoms with Crippen molar-refractivity contribution in [2.24, 2.45) is 0 Å². The Hall–Kier alpha value is -1.35. The lowest BCUT2D eigenvalue weighted by Gasteiger charge is -2.33. The molecule has 1 saturated heterocycles. The highest BCUT2D eigenvalue weighted by Gasteiger charge is 2.20. The van der Waals surface area contributed by atoms with Crippen molar-refractivity contribution in [2.75, 3.05) is 19.7 Å². The van der Waals surface area contributed by atoms with E-state index in [0.717, 1.165) is 37.7 Å². The first kappa shape index (κ1) is 14.6. The number of benzene rings is 2. The molecule has 0 amide bonds. The summed E-state index contributed by atoms with van der Waals surface area (Å²) in [5.74, 6) is 0. The fourth-order valence-corrected chi connectivity index (χ4v) is 2.90. The maximum absolute atomic E-state index is 5.93. The number of rotatable bonds is 4. The van der Waals surface area contributed by atoms with Crippen LogP contribution in [0.5, 0.6) is 0 Å². The number of ether oxygens (including phenoxy) is 1. The molecule has 1 aliphatic rings. The number of hydrogen-bond acceptors (Lipinski definition) is 2. The van der Waals surface area contributed by atoms with E-state index in [4.69, 9.17) is 16.3 Å². The van der Waals surface area contributed by atoms with E-state index in [2.05, 4.69) is 47.4 Å². The molecule has 110 valence electrons. The fraction of sp³-hybridized carbons (Fsp3) is 0.333. The highest BCUT2D eigenvalue weighted by atomic mass is 35.5. The average molecular weight is 302 g/mol. The Balaban J connectivity index is 1.57. The van der Waals surface area contributed by atoms with Gasteiger partial charge in [0.2, 0.25) is 0 Å². The van der Waals surface area contributed by atoms with Gasteiger partial charge in [0, 0.05) is 24.7 Å². The summed E-state index contributed by atoms with van der Waals surface area (Å²) < 4.78 is 5.91. The molecule has 0 radical (unpaired) electrons. The van der Waals surface area contributed by atoms with Crippen LogP contribution in [-0.4, -0.2) is 30.7 Å². The Labute approximate surface area is 131 Å². The summed E-state index contributed by atoms with van der Waals surface area (Å²) in [5.41, 5.74) is 2.65. The molecular formula is C18H20ClNO. The largest absolute Gasteiger partial charge is 0.375 e. The van der Waals surface area contributed by atoms with Gasteiger partial charge in [0.25, 0.3) is 0 Å². The summed E-state index contributed by atoms with van der Waals surface area (Å²) in [7, 11) is 0. The van der Waals surface area contributed by atoms with Gasteiger partial charge in [-0.25, -0.2) is 0 Å². The van der Waals surface area contributed by atoms with E-state index >= 15 is 0 Å². The normalized spacial score (nSPS) is 19.6. The van der Waals surface area contributed by atoms with Gasteiger partial charge in [-0.3, -0.25) is 4.90 Å². The fourth-order valence-electron chi connectivity index (χ4n) is 2.77. The van der Waals surface area contributed by atoms with Gasteiger partial charge in [-0.05, 0) is 29.7 Å². The van der Waals surface area contributed by atoms with Crippen LogP contribution in [-0.2, 0) is 17.7 Å². The molecule has 3 rings (SSSR count). The van der Waals surface area contributed by atoms with E-state index in [1.54, 1.807) is 0 Å². The van der Waals surface area contributed by atoms with Crippen LogP contribution in [0.3, 0.4) is 0 Å². The van der Waals surface area contributed by atoms with Gasteiger partial charge < -0.3 is 4.74 Å². The van der Waals surface area contributed by atoms with E-state index in [9.17, 15) is 0 Å². The smallest absolute Gasteiger partial charge is 0.0743 e. The van der Waals surface area contributed by atoms with Crippen molar-refractivity contribution in [2.45, 2.75) is 19.1 Å². The summed E-state index contributed by atoms with van der Waals surface area (Å²) in [5, 5.41) is 0.786. The van der Waals surface area contributed by atoms with Gasteiger partial charge in [0.05, 0.1) is 12.7 Å². The van der Waals surface area contributed by atoms with Crippen LogP contribution in [0.25, 0.3) is 0 Å². The highest BCUT2D eigenvalue weighted by molar-refractivity contribution is 6.30. The Bertz CT molecular complexity index is 555. The Kier molecular flexibility index (Phi) is 4.91. The number of morpholine rings is 1. The number of hydrogen-bond donors (Lipinski definition) is 0. The zero-order chi connectivity index (χ0) is 14.5. The zero-order valence-corrected chi connectivity index (χ0v) is 12.8. The van der Waals surface area contributed by atoms with E-state index in [1.807, 2.05) is 12.1 Å². The van der Waals surface area contributed by atoms with Crippen molar-refractivity contribution in [1.29, 1.82) is 0 Å². The first-order valence-corrected chi connectivity index (χ1v) is 7.80. The Morgan fingerprint density at radius 2 is 1.76 bits per heavy atom. The van der Waals surface area contributed by atoms with E-state index in [-0.39, 0.29) is 6.10 Å². The van der Waals surface area contributed by atoms with Crippen LogP contribution in [0.1, 0.15) is 11.1 Å². The molecule has 0 aliphatic carbocycles. The molecule has 0 saturated carbocycles. The lowest BCUT2D eigenvalue weighted by atomic mass is 10.1. The first-order chi connectivity index (χ1) is 10.3. The van der Waals surface area contributed by atoms with Crippen LogP contribution in [0.4, 0.5) is 0 Å². The van der Waals surface area contributed by atoms with Crippen LogP contribution in [0.2, 0.25) is 5.02 Å². The molecule has 1 heterocycles. The molecule has 21 heavy (non-hydrogen) atoms. The van der Waals surface area contributed by atoms with E-state index in [0.29, 0.717) is 0 Å². The predicted octanol–water partition coefficient (Wildman–Crippen LogP) is 3.78. The first-order valence-electron chi connectivity index (χ1n) is 7.42. The van der Waals surface area contributed by atoms with Crippen molar-refractivity contribution in [3.05, 3.63) is 70.7 Å². The molecule has 2 aromatic rings. The summed E-state index contributed by atoms with van der Waals surface area (Å²) in [6.45, 7) is 3.80. The second-order valence-electron chi connectivity index (χ2n) is 5.54. The molecule has 1 atom stereocenters. The lowest BCUT2D eigenvalue weighted by Crippen LogP contribution is -2.42. The second-order valence-corrected chi connectivity index (χ2v) is 5.98. The standard InChI is InChI=1S/C18H20ClNO/c19-17-8-6-15(7-9-17)12-18-14-20(10-11-21-18)13-16-4-2-1-3-5-16/h1-9,18H,10-14H2. The molecule has 1 unspecified atom stereocenters. The van der Waals surface area contributed by atoms with E-state index in [1.165, 1.54) is 11.1 Å². The third kappa shape index (κ3) is 4.31. The van der Waals surface area contributed by atoms with Gasteiger partial charge >= 0.3 is 0 Å². The van der Waals surface area contributed by atoms with Crippen molar-refractivity contribution >= 4 is 11.6 Å². The van der Waals surface area contributed by atoms with Crippen molar-refractivity contribution in [3.63, 3.8) is 0 Å². The minimum absolute atomic E-state index is 0.267. The molecule has 1 aliphatic heterocycles. The van der Waals surface area contributed by atoms with E-state index < -0.39 is 0 Å². The number of halogens is 1. The van der Waals surface area contributed by atoms with Gasteiger partial charge in [-0.1, -0.05) is 54.1 Å². The van der Waals surface area contributed by atoms with Crippen molar-refractivity contribution < 1.29 is 4.74 Å². The van der Waals surface area contributed by atoms with Crippen molar-refractivity contribution in [1.82, 2.24) is 4.90 Å². The monoisotopic (exact) mass is 301 g/mol. The van der Waals surface area contributed by atoms with Crippen LogP contribution in [0.15, 0.2) is 54.6 Å². The molecule has 0 spiro atoms. The van der Waals surface area contributed by atoms with Gasteiger partial charge in [-0.2, -0.15) is 0 Å². The quantitative estimate of drug-likeness (QED) is 0.852. The maximum Gasteiger partial charge on any atom is 0.0743 e. The van der Waals surface area contributed by atoms with Gasteiger partial charge in [0.1, 0.15) is 0 Å². The van der Waals surface area contributed by atoms with Gasteiger partial charge in [0.15, 0.2) is 0 Å². The second kappa shape index (κ2) is 7.08. The Morgan fingerprint density at radius 3 is 2.52 bits per heavy atom. The minimum atomic E-state index is 0.267. The third-order valence-corrected chi connectivity index (χ3v) is 4.10. The lowest BCUT2D eigenvalue weighted by molar-refractivity contribution is -0.0304. The molecule has 2 aromatic carbocycles. The predicted molar refractivity (Wildman–Crippen MR) is 86.6 cm³/mol. The molecule has 1 fully saturated rings. The van der Waals surface area contributed by atoms with Crippen molar-refractivity contribution in [3.8, 4) is 0 Å². The molecular weight excluding hydrogens is 282 g/mol. The van der Waals surface area contributed by atoms with Crippen LogP contribution >= 0.6 is 11.6 Å². The topological polar surface area (TPSA) is 12.5 Å². The maximum atomic E-state index is 5.93. The molecule has 3 heteroatoms. The summed E-state index contributed by atoms with van der Waals surface area (Å²) in [6.07, 6.45) is 1.21. The molecule has 2 nitrogen and oxygen atoms in total. The SMILES string of the molecule is Clc1ccc(CC2CN(Cc3ccccc3)CCO2)cc1. The van der Waals surface area contributed by atoms with Gasteiger partial charge in [-0.15, -0.1) is 0 Å². The zero-order valence-electron chi connectivity index (χ0n) is 12.0. The number of nitrogens with zero attached hydrogens (tertiary/aromatic N) is 1. The summed E-state index contributed by atoms with van der Waals surface area (Å²) in [6, 6.07) is 18.7. The highest BCUT2D eigenvalue weighted by Crippen LogP contribution is 2.16. The molecule has 0 aromatic heterocycles. The molecule has 0 N–H and O–H groups in total. The van der Waals surface area contributed by atoms with Crippen LogP contribution < -0.4 is 0 Å². The van der Waals surface area contributed by atoms with Crippen LogP contribution in [0, 0.1) is 0 Å². The average Bonchev–Trinajstić information content (AvgIpc) is 2.51. The summed E-state index contributed by atoms with van der Waals surface area (Å²) in [4.78, 5) is 2.47. The minimum Gasteiger partial charge on any atom is -0.375 e. The Morgan fingerprint density at radius 1 is 1.00 bits per heavy atom. The third-order valence-electron chi connectivity index (χ3n) is 3.85. The summed E-state index contributed by atoms with van der Waals surface area (Å²) >= 11 is 5.93. The molecule has 0 bridgehead atoms.